The van der Waals surface area contributed by atoms with Crippen LogP contribution in [0.3, 0.4) is 0 Å². The van der Waals surface area contributed by atoms with E-state index in [-0.39, 0.29) is 12.1 Å². The van der Waals surface area contributed by atoms with Crippen LogP contribution in [0.15, 0.2) is 34.1 Å². The van der Waals surface area contributed by atoms with Crippen LogP contribution in [0, 0.1) is 5.92 Å². The molecule has 1 aromatic carbocycles. The average molecular weight is 381 g/mol. The highest BCUT2D eigenvalue weighted by Crippen LogP contribution is 2.33. The molecule has 0 saturated carbocycles. The molecule has 3 rings (SSSR count). The number of amides is 1. The number of nitrogens with zero attached hydrogens (tertiary/aromatic N) is 2. The molecule has 116 valence electrons. The molecule has 0 bridgehead atoms. The minimum Gasteiger partial charge on any atom is -0.447 e. The molecule has 1 amide bonds. The van der Waals surface area contributed by atoms with Gasteiger partial charge in [-0.15, -0.1) is 11.3 Å². The molecule has 2 aromatic rings. The SMILES string of the molecule is CC(C)C[C@H]1COC(=O)N1c1nc(-c2ccc(Br)cc2)cs1. The van der Waals surface area contributed by atoms with Crippen molar-refractivity contribution in [2.45, 2.75) is 26.3 Å². The highest BCUT2D eigenvalue weighted by atomic mass is 79.9. The predicted molar refractivity (Wildman–Crippen MR) is 92.3 cm³/mol. The van der Waals surface area contributed by atoms with Crippen LogP contribution in [-0.4, -0.2) is 23.7 Å². The Balaban J connectivity index is 1.85. The molecule has 0 aliphatic carbocycles. The van der Waals surface area contributed by atoms with E-state index in [4.69, 9.17) is 4.74 Å². The average Bonchev–Trinajstić information content (AvgIpc) is 3.06. The highest BCUT2D eigenvalue weighted by Gasteiger charge is 2.36. The van der Waals surface area contributed by atoms with Crippen LogP contribution in [0.5, 0.6) is 0 Å². The Bertz CT molecular complexity index is 669. The van der Waals surface area contributed by atoms with Crippen molar-refractivity contribution in [3.8, 4) is 11.3 Å². The van der Waals surface area contributed by atoms with Crippen molar-refractivity contribution in [1.82, 2.24) is 4.98 Å². The third kappa shape index (κ3) is 3.17. The van der Waals surface area contributed by atoms with Gasteiger partial charge in [-0.25, -0.2) is 14.7 Å². The number of carbonyl (C=O) groups is 1. The van der Waals surface area contributed by atoms with E-state index in [1.165, 1.54) is 11.3 Å². The lowest BCUT2D eigenvalue weighted by Crippen LogP contribution is -2.34. The zero-order valence-corrected chi connectivity index (χ0v) is 14.9. The van der Waals surface area contributed by atoms with Crippen LogP contribution in [-0.2, 0) is 4.74 Å². The van der Waals surface area contributed by atoms with Crippen LogP contribution in [0.25, 0.3) is 11.3 Å². The van der Waals surface area contributed by atoms with E-state index in [9.17, 15) is 4.79 Å². The topological polar surface area (TPSA) is 42.4 Å². The summed E-state index contributed by atoms with van der Waals surface area (Å²) >= 11 is 4.91. The van der Waals surface area contributed by atoms with E-state index in [1.807, 2.05) is 29.6 Å². The molecule has 0 unspecified atom stereocenters. The Morgan fingerprint density at radius 1 is 1.41 bits per heavy atom. The second-order valence-corrected chi connectivity index (χ2v) is 7.50. The zero-order chi connectivity index (χ0) is 15.7. The van der Waals surface area contributed by atoms with Gasteiger partial charge >= 0.3 is 6.09 Å². The van der Waals surface area contributed by atoms with Crippen molar-refractivity contribution in [2.24, 2.45) is 5.92 Å². The molecule has 2 heterocycles. The summed E-state index contributed by atoms with van der Waals surface area (Å²) in [6.45, 7) is 4.75. The summed E-state index contributed by atoms with van der Waals surface area (Å²) in [5.74, 6) is 0.507. The number of hydrogen-bond acceptors (Lipinski definition) is 4. The Hall–Kier alpha value is -1.40. The van der Waals surface area contributed by atoms with Gasteiger partial charge < -0.3 is 4.74 Å². The maximum absolute atomic E-state index is 12.0. The summed E-state index contributed by atoms with van der Waals surface area (Å²) < 4.78 is 6.25. The normalized spacial score (nSPS) is 18.1. The zero-order valence-electron chi connectivity index (χ0n) is 12.5. The number of hydrogen-bond donors (Lipinski definition) is 0. The second-order valence-electron chi connectivity index (χ2n) is 5.75. The van der Waals surface area contributed by atoms with Crippen LogP contribution in [0.4, 0.5) is 9.93 Å². The van der Waals surface area contributed by atoms with E-state index in [0.717, 1.165) is 22.2 Å². The Labute approximate surface area is 142 Å². The number of thiazole rings is 1. The molecule has 0 spiro atoms. The molecule has 4 nitrogen and oxygen atoms in total. The molecule has 1 aliphatic heterocycles. The van der Waals surface area contributed by atoms with Crippen molar-refractivity contribution < 1.29 is 9.53 Å². The molecular formula is C16H17BrN2O2S. The summed E-state index contributed by atoms with van der Waals surface area (Å²) in [6, 6.07) is 8.07. The van der Waals surface area contributed by atoms with E-state index in [1.54, 1.807) is 4.90 Å². The summed E-state index contributed by atoms with van der Waals surface area (Å²) in [7, 11) is 0. The van der Waals surface area contributed by atoms with E-state index in [0.29, 0.717) is 17.7 Å². The van der Waals surface area contributed by atoms with Gasteiger partial charge in [0.15, 0.2) is 5.13 Å². The third-order valence-electron chi connectivity index (χ3n) is 3.54. The van der Waals surface area contributed by atoms with Gasteiger partial charge in [-0.05, 0) is 24.5 Å². The number of ether oxygens (including phenoxy) is 1. The number of halogens is 1. The van der Waals surface area contributed by atoms with Crippen LogP contribution < -0.4 is 4.90 Å². The van der Waals surface area contributed by atoms with Crippen LogP contribution in [0.2, 0.25) is 0 Å². The molecule has 1 aliphatic rings. The minimum absolute atomic E-state index is 0.0800. The molecule has 0 N–H and O–H groups in total. The smallest absolute Gasteiger partial charge is 0.416 e. The molecule has 1 saturated heterocycles. The fourth-order valence-corrected chi connectivity index (χ4v) is 3.70. The molecule has 1 fully saturated rings. The number of rotatable bonds is 4. The largest absolute Gasteiger partial charge is 0.447 e. The van der Waals surface area contributed by atoms with Crippen LogP contribution in [0.1, 0.15) is 20.3 Å². The predicted octanol–water partition coefficient (Wildman–Crippen LogP) is 4.94. The van der Waals surface area contributed by atoms with Crippen molar-refractivity contribution in [3.05, 3.63) is 34.1 Å². The van der Waals surface area contributed by atoms with Gasteiger partial charge in [-0.2, -0.15) is 0 Å². The van der Waals surface area contributed by atoms with E-state index >= 15 is 0 Å². The van der Waals surface area contributed by atoms with Gasteiger partial charge in [0, 0.05) is 15.4 Å². The first-order chi connectivity index (χ1) is 10.5. The summed E-state index contributed by atoms with van der Waals surface area (Å²) in [5, 5.41) is 2.70. The minimum atomic E-state index is -0.289. The number of aromatic nitrogens is 1. The van der Waals surface area contributed by atoms with Crippen molar-refractivity contribution in [3.63, 3.8) is 0 Å². The Kier molecular flexibility index (Phi) is 4.49. The number of anilines is 1. The molecule has 22 heavy (non-hydrogen) atoms. The van der Waals surface area contributed by atoms with Crippen molar-refractivity contribution in [1.29, 1.82) is 0 Å². The van der Waals surface area contributed by atoms with Gasteiger partial charge in [-0.3, -0.25) is 0 Å². The van der Waals surface area contributed by atoms with E-state index < -0.39 is 0 Å². The molecule has 1 aromatic heterocycles. The van der Waals surface area contributed by atoms with Crippen LogP contribution >= 0.6 is 27.3 Å². The fourth-order valence-electron chi connectivity index (χ4n) is 2.54. The van der Waals surface area contributed by atoms with Gasteiger partial charge in [0.25, 0.3) is 0 Å². The van der Waals surface area contributed by atoms with Gasteiger partial charge in [0.2, 0.25) is 0 Å². The molecule has 1 atom stereocenters. The first-order valence-electron chi connectivity index (χ1n) is 7.22. The second kappa shape index (κ2) is 6.38. The monoisotopic (exact) mass is 380 g/mol. The lowest BCUT2D eigenvalue weighted by Gasteiger charge is -2.19. The summed E-state index contributed by atoms with van der Waals surface area (Å²) in [6.07, 6.45) is 0.626. The number of benzene rings is 1. The molecule has 6 heteroatoms. The van der Waals surface area contributed by atoms with Gasteiger partial charge in [0.1, 0.15) is 6.61 Å². The van der Waals surface area contributed by atoms with Gasteiger partial charge in [0.05, 0.1) is 11.7 Å². The lowest BCUT2D eigenvalue weighted by molar-refractivity contribution is 0.178. The maximum Gasteiger partial charge on any atom is 0.416 e. The highest BCUT2D eigenvalue weighted by molar-refractivity contribution is 9.10. The van der Waals surface area contributed by atoms with E-state index in [2.05, 4.69) is 34.8 Å². The Morgan fingerprint density at radius 2 is 2.14 bits per heavy atom. The quantitative estimate of drug-likeness (QED) is 0.753. The first-order valence-corrected chi connectivity index (χ1v) is 8.89. The van der Waals surface area contributed by atoms with Gasteiger partial charge in [-0.1, -0.05) is 41.9 Å². The number of cyclic esters (lactones) is 1. The number of carbonyl (C=O) groups excluding carboxylic acids is 1. The molecule has 0 radical (unpaired) electrons. The fraction of sp³-hybridized carbons (Fsp3) is 0.375. The lowest BCUT2D eigenvalue weighted by atomic mass is 10.0. The third-order valence-corrected chi connectivity index (χ3v) is 4.91. The Morgan fingerprint density at radius 3 is 2.82 bits per heavy atom. The maximum atomic E-state index is 12.0. The summed E-state index contributed by atoms with van der Waals surface area (Å²) in [4.78, 5) is 18.4. The summed E-state index contributed by atoms with van der Waals surface area (Å²) in [5.41, 5.74) is 1.93. The standard InChI is InChI=1S/C16H17BrN2O2S/c1-10(2)7-13-8-21-16(20)19(13)15-18-14(9-22-15)11-3-5-12(17)6-4-11/h3-6,9-10,13H,7-8H2,1-2H3/t13-/m0/s1. The van der Waals surface area contributed by atoms with Crippen molar-refractivity contribution >= 4 is 38.5 Å². The van der Waals surface area contributed by atoms with Crippen molar-refractivity contribution in [2.75, 3.05) is 11.5 Å². The first kappa shape index (κ1) is 15.5. The molecular weight excluding hydrogens is 364 g/mol.